The van der Waals surface area contributed by atoms with Crippen LogP contribution in [0.2, 0.25) is 0 Å². The summed E-state index contributed by atoms with van der Waals surface area (Å²) in [6.07, 6.45) is 8.30. The van der Waals surface area contributed by atoms with E-state index in [0.717, 1.165) is 49.8 Å². The molecule has 1 aliphatic carbocycles. The number of benzene rings is 1. The monoisotopic (exact) mass is 489 g/mol. The van der Waals surface area contributed by atoms with Crippen LogP contribution in [0.3, 0.4) is 0 Å². The molecule has 1 saturated carbocycles. The topological polar surface area (TPSA) is 137 Å². The van der Waals surface area contributed by atoms with E-state index in [0.29, 0.717) is 31.6 Å². The molecule has 2 fully saturated rings. The molecule has 3 N–H and O–H groups in total. The number of rotatable bonds is 5. The summed E-state index contributed by atoms with van der Waals surface area (Å²) in [5.41, 5.74) is -0.652. The lowest BCUT2D eigenvalue weighted by molar-refractivity contribution is -0.134. The average molecular weight is 490 g/mol. The molecule has 3 aliphatic rings. The highest BCUT2D eigenvalue weighted by Gasteiger charge is 2.51. The van der Waals surface area contributed by atoms with Gasteiger partial charge in [-0.15, -0.1) is 0 Å². The molecule has 10 nitrogen and oxygen atoms in total. The van der Waals surface area contributed by atoms with E-state index < -0.39 is 34.0 Å². The molecule has 11 heteroatoms. The molecule has 0 radical (unpaired) electrons. The molecule has 0 unspecified atom stereocenters. The Bertz CT molecular complexity index is 1090. The van der Waals surface area contributed by atoms with E-state index in [1.165, 1.54) is 18.2 Å². The van der Waals surface area contributed by atoms with Gasteiger partial charge in [0.2, 0.25) is 5.91 Å². The number of imide groups is 1. The minimum atomic E-state index is -3.86. The fraction of sp³-hybridized carbons (Fsp3) is 0.565. The third-order valence-electron chi connectivity index (χ3n) is 6.56. The number of sulfonamides is 1. The quantitative estimate of drug-likeness (QED) is 0.546. The van der Waals surface area contributed by atoms with Crippen molar-refractivity contribution < 1.29 is 22.8 Å². The third-order valence-corrected chi connectivity index (χ3v) is 7.94. The van der Waals surface area contributed by atoms with E-state index in [2.05, 4.69) is 20.3 Å². The van der Waals surface area contributed by atoms with Crippen molar-refractivity contribution in [2.45, 2.75) is 74.6 Å². The standard InChI is InChI=1S/C23H31N5O5S/c29-20(16-28-21(30)23(26-22(28)31)12-5-1-2-6-13-23)25-17-9-8-10-18(15-17)34(32,33)27-19-11-4-3-7-14-24-19/h8-10,15H,1-7,11-14,16H2,(H,24,27)(H,25,29)(H,26,31). The van der Waals surface area contributed by atoms with Crippen molar-refractivity contribution in [1.29, 1.82) is 0 Å². The van der Waals surface area contributed by atoms with Gasteiger partial charge in [-0.3, -0.25) is 24.2 Å². The van der Waals surface area contributed by atoms with Gasteiger partial charge in [0, 0.05) is 18.7 Å². The second-order valence-electron chi connectivity index (χ2n) is 9.14. The van der Waals surface area contributed by atoms with Gasteiger partial charge in [0.05, 0.1) is 4.90 Å². The van der Waals surface area contributed by atoms with Crippen molar-refractivity contribution in [3.05, 3.63) is 24.3 Å². The highest BCUT2D eigenvalue weighted by Crippen LogP contribution is 2.32. The largest absolute Gasteiger partial charge is 0.325 e. The van der Waals surface area contributed by atoms with E-state index in [1.54, 1.807) is 6.07 Å². The van der Waals surface area contributed by atoms with Gasteiger partial charge in [0.1, 0.15) is 17.9 Å². The van der Waals surface area contributed by atoms with Gasteiger partial charge in [-0.1, -0.05) is 38.2 Å². The van der Waals surface area contributed by atoms with Crippen LogP contribution in [-0.4, -0.2) is 55.6 Å². The van der Waals surface area contributed by atoms with Crippen LogP contribution in [0.15, 0.2) is 34.2 Å². The number of amides is 4. The number of aliphatic imine (C=N–C) groups is 1. The fourth-order valence-corrected chi connectivity index (χ4v) is 5.88. The molecule has 184 valence electrons. The summed E-state index contributed by atoms with van der Waals surface area (Å²) < 4.78 is 28.2. The Kier molecular flexibility index (Phi) is 7.20. The Morgan fingerprint density at radius 1 is 1.06 bits per heavy atom. The summed E-state index contributed by atoms with van der Waals surface area (Å²) in [5, 5.41) is 5.41. The van der Waals surface area contributed by atoms with Gasteiger partial charge in [-0.2, -0.15) is 0 Å². The molecule has 1 aromatic rings. The maximum atomic E-state index is 13.0. The van der Waals surface area contributed by atoms with Crippen LogP contribution in [-0.2, 0) is 19.6 Å². The molecular formula is C23H31N5O5S. The summed E-state index contributed by atoms with van der Waals surface area (Å²) in [6.45, 7) is 0.163. The van der Waals surface area contributed by atoms with E-state index in [9.17, 15) is 22.8 Å². The zero-order valence-electron chi connectivity index (χ0n) is 19.1. The second kappa shape index (κ2) is 10.1. The van der Waals surface area contributed by atoms with Gasteiger partial charge in [0.25, 0.3) is 15.9 Å². The highest BCUT2D eigenvalue weighted by atomic mass is 32.2. The molecule has 1 saturated heterocycles. The Morgan fingerprint density at radius 2 is 1.79 bits per heavy atom. The Balaban J connectivity index is 1.41. The number of nitrogens with one attached hydrogen (secondary N) is 3. The maximum Gasteiger partial charge on any atom is 0.325 e. The Labute approximate surface area is 199 Å². The molecule has 1 aromatic carbocycles. The molecule has 2 heterocycles. The Hall–Kier alpha value is -2.95. The molecule has 4 amide bonds. The summed E-state index contributed by atoms with van der Waals surface area (Å²) >= 11 is 0. The average Bonchev–Trinajstić information content (AvgIpc) is 3.08. The van der Waals surface area contributed by atoms with Gasteiger partial charge in [-0.05, 0) is 43.9 Å². The molecule has 0 bridgehead atoms. The second-order valence-corrected chi connectivity index (χ2v) is 10.8. The zero-order chi connectivity index (χ0) is 24.2. The SMILES string of the molecule is O=C(CN1C(=O)NC2(CCCCCC2)C1=O)Nc1cccc(S(=O)(=O)NC2=NCCCCC2)c1. The van der Waals surface area contributed by atoms with Crippen molar-refractivity contribution in [1.82, 2.24) is 14.9 Å². The van der Waals surface area contributed by atoms with E-state index >= 15 is 0 Å². The van der Waals surface area contributed by atoms with Gasteiger partial charge < -0.3 is 10.6 Å². The number of anilines is 1. The number of nitrogens with zero attached hydrogens (tertiary/aromatic N) is 2. The van der Waals surface area contributed by atoms with Crippen molar-refractivity contribution in [3.8, 4) is 0 Å². The number of hydrogen-bond acceptors (Lipinski definition) is 6. The number of carbonyl (C=O) groups is 3. The lowest BCUT2D eigenvalue weighted by atomic mass is 9.90. The minimum Gasteiger partial charge on any atom is -0.324 e. The van der Waals surface area contributed by atoms with Crippen LogP contribution in [0, 0.1) is 0 Å². The van der Waals surface area contributed by atoms with Crippen LogP contribution in [0.5, 0.6) is 0 Å². The zero-order valence-corrected chi connectivity index (χ0v) is 20.0. The lowest BCUT2D eigenvalue weighted by Crippen LogP contribution is -2.47. The number of amidine groups is 1. The van der Waals surface area contributed by atoms with Crippen molar-refractivity contribution in [2.24, 2.45) is 4.99 Å². The van der Waals surface area contributed by atoms with Crippen molar-refractivity contribution >= 4 is 39.4 Å². The highest BCUT2D eigenvalue weighted by molar-refractivity contribution is 7.90. The molecule has 1 spiro atoms. The third kappa shape index (κ3) is 5.40. The lowest BCUT2D eigenvalue weighted by Gasteiger charge is -2.24. The Morgan fingerprint density at radius 3 is 2.56 bits per heavy atom. The molecule has 0 aromatic heterocycles. The molecule has 4 rings (SSSR count). The molecule has 0 atom stereocenters. The first-order valence-electron chi connectivity index (χ1n) is 11.9. The summed E-state index contributed by atoms with van der Waals surface area (Å²) in [6, 6.07) is 5.29. The predicted octanol–water partition coefficient (Wildman–Crippen LogP) is 2.52. The van der Waals surface area contributed by atoms with Gasteiger partial charge >= 0.3 is 6.03 Å². The van der Waals surface area contributed by atoms with Crippen LogP contribution >= 0.6 is 0 Å². The molecular weight excluding hydrogens is 458 g/mol. The minimum absolute atomic E-state index is 0.00959. The normalized spacial score (nSPS) is 20.8. The van der Waals surface area contributed by atoms with Crippen LogP contribution in [0.1, 0.15) is 64.2 Å². The first-order valence-corrected chi connectivity index (χ1v) is 13.4. The van der Waals surface area contributed by atoms with Gasteiger partial charge in [-0.25, -0.2) is 13.2 Å². The number of hydrogen-bond donors (Lipinski definition) is 3. The smallest absolute Gasteiger partial charge is 0.324 e. The van der Waals surface area contributed by atoms with Gasteiger partial charge in [0.15, 0.2) is 0 Å². The van der Waals surface area contributed by atoms with E-state index in [-0.39, 0.29) is 16.5 Å². The predicted molar refractivity (Wildman–Crippen MR) is 127 cm³/mol. The summed E-state index contributed by atoms with van der Waals surface area (Å²) in [7, 11) is -3.86. The van der Waals surface area contributed by atoms with Crippen molar-refractivity contribution in [2.75, 3.05) is 18.4 Å². The first-order chi connectivity index (χ1) is 16.3. The summed E-state index contributed by atoms with van der Waals surface area (Å²) in [5.74, 6) is -0.498. The summed E-state index contributed by atoms with van der Waals surface area (Å²) in [4.78, 5) is 43.4. The van der Waals surface area contributed by atoms with E-state index in [1.807, 2.05) is 0 Å². The maximum absolute atomic E-state index is 13.0. The fourth-order valence-electron chi connectivity index (χ4n) is 4.75. The first kappa shape index (κ1) is 24.2. The van der Waals surface area contributed by atoms with Crippen LogP contribution in [0.4, 0.5) is 10.5 Å². The molecule has 34 heavy (non-hydrogen) atoms. The number of carbonyl (C=O) groups excluding carboxylic acids is 3. The van der Waals surface area contributed by atoms with Crippen LogP contribution < -0.4 is 15.4 Å². The number of urea groups is 1. The molecule has 2 aliphatic heterocycles. The van der Waals surface area contributed by atoms with Crippen LogP contribution in [0.25, 0.3) is 0 Å². The van der Waals surface area contributed by atoms with Crippen molar-refractivity contribution in [3.63, 3.8) is 0 Å². The van der Waals surface area contributed by atoms with E-state index in [4.69, 9.17) is 0 Å².